The van der Waals surface area contributed by atoms with E-state index in [2.05, 4.69) is 15.2 Å². The fourth-order valence-corrected chi connectivity index (χ4v) is 1.09. The predicted molar refractivity (Wildman–Crippen MR) is 47.4 cm³/mol. The van der Waals surface area contributed by atoms with Crippen molar-refractivity contribution in [1.82, 2.24) is 15.2 Å². The average molecular weight is 178 g/mol. The van der Waals surface area contributed by atoms with Crippen LogP contribution < -0.4 is 16.9 Å². The number of nitrogens with zero attached hydrogens (tertiary/aromatic N) is 1. The topological polar surface area (TPSA) is 105 Å². The van der Waals surface area contributed by atoms with Crippen LogP contribution >= 0.6 is 0 Å². The second kappa shape index (κ2) is 2.44. The van der Waals surface area contributed by atoms with Crippen LogP contribution in [0.5, 0.6) is 0 Å². The summed E-state index contributed by atoms with van der Waals surface area (Å²) in [6.07, 6.45) is 1.28. The number of anilines is 1. The molecule has 2 aromatic rings. The summed E-state index contributed by atoms with van der Waals surface area (Å²) in [6, 6.07) is 1.36. The predicted octanol–water partition coefficient (Wildman–Crippen LogP) is -0.806. The Bertz CT molecular complexity index is 568. The summed E-state index contributed by atoms with van der Waals surface area (Å²) in [6.45, 7) is 0. The lowest BCUT2D eigenvalue weighted by Crippen LogP contribution is -2.19. The molecule has 0 unspecified atom stereocenters. The Morgan fingerprint density at radius 3 is 2.46 bits per heavy atom. The first-order chi connectivity index (χ1) is 6.18. The molecule has 0 saturated carbocycles. The van der Waals surface area contributed by atoms with E-state index in [0.717, 1.165) is 0 Å². The second-order valence-electron chi connectivity index (χ2n) is 2.56. The molecule has 66 valence electrons. The highest BCUT2D eigenvalue weighted by Gasteiger charge is 2.02. The van der Waals surface area contributed by atoms with Crippen LogP contribution in [-0.4, -0.2) is 15.2 Å². The Balaban J connectivity index is 3.10. The van der Waals surface area contributed by atoms with Crippen LogP contribution in [0, 0.1) is 0 Å². The zero-order valence-corrected chi connectivity index (χ0v) is 6.50. The Morgan fingerprint density at radius 1 is 1.15 bits per heavy atom. The summed E-state index contributed by atoms with van der Waals surface area (Å²) in [4.78, 5) is 26.0. The maximum absolute atomic E-state index is 11.2. The van der Waals surface area contributed by atoms with Crippen molar-refractivity contribution in [2.45, 2.75) is 0 Å². The van der Waals surface area contributed by atoms with Crippen LogP contribution in [0.15, 0.2) is 21.9 Å². The molecule has 0 atom stereocenters. The number of nitrogen functional groups attached to an aromatic ring is 1. The van der Waals surface area contributed by atoms with Crippen molar-refractivity contribution < 1.29 is 0 Å². The van der Waals surface area contributed by atoms with Gasteiger partial charge >= 0.3 is 0 Å². The minimum atomic E-state index is -0.387. The summed E-state index contributed by atoms with van der Waals surface area (Å²) >= 11 is 0. The van der Waals surface area contributed by atoms with Gasteiger partial charge in [0.1, 0.15) is 5.82 Å². The molecule has 6 heteroatoms. The lowest BCUT2D eigenvalue weighted by atomic mass is 10.2. The van der Waals surface area contributed by atoms with Crippen LogP contribution in [0.3, 0.4) is 0 Å². The van der Waals surface area contributed by atoms with Gasteiger partial charge in [-0.15, -0.1) is 0 Å². The average Bonchev–Trinajstić information content (AvgIpc) is 2.12. The van der Waals surface area contributed by atoms with Gasteiger partial charge in [0.05, 0.1) is 10.8 Å². The molecule has 0 aromatic carbocycles. The number of nitrogens with two attached hydrogens (primary N) is 1. The fraction of sp³-hybridized carbons (Fsp3) is 0. The molecule has 0 bridgehead atoms. The molecule has 2 rings (SSSR count). The van der Waals surface area contributed by atoms with E-state index in [-0.39, 0.29) is 27.7 Å². The highest BCUT2D eigenvalue weighted by molar-refractivity contribution is 5.81. The third kappa shape index (κ3) is 1.08. The van der Waals surface area contributed by atoms with E-state index in [4.69, 9.17) is 5.73 Å². The molecule has 0 saturated heterocycles. The summed E-state index contributed by atoms with van der Waals surface area (Å²) < 4.78 is 0. The van der Waals surface area contributed by atoms with Gasteiger partial charge < -0.3 is 5.73 Å². The highest BCUT2D eigenvalue weighted by atomic mass is 16.1. The number of aromatic amines is 2. The number of H-pyrrole nitrogens is 2. The van der Waals surface area contributed by atoms with Crippen molar-refractivity contribution in [2.24, 2.45) is 0 Å². The van der Waals surface area contributed by atoms with E-state index in [1.54, 1.807) is 0 Å². The van der Waals surface area contributed by atoms with Crippen molar-refractivity contribution in [3.63, 3.8) is 0 Å². The number of nitrogens with one attached hydrogen (secondary N) is 2. The van der Waals surface area contributed by atoms with Crippen molar-refractivity contribution in [3.8, 4) is 0 Å². The molecule has 13 heavy (non-hydrogen) atoms. The number of aromatic nitrogens is 3. The van der Waals surface area contributed by atoms with Crippen LogP contribution in [0.1, 0.15) is 0 Å². The van der Waals surface area contributed by atoms with E-state index in [1.165, 1.54) is 12.3 Å². The highest BCUT2D eigenvalue weighted by Crippen LogP contribution is 2.04. The molecule has 0 radical (unpaired) electrons. The Morgan fingerprint density at radius 2 is 1.77 bits per heavy atom. The molecular weight excluding hydrogens is 172 g/mol. The standard InChI is InChI=1S/C7H6N4O2/c8-5-1-3-4(2-9-5)7(13)11-10-6(3)12/h1-2H,(H2,8,9)(H,10,12)(H,11,13). The largest absolute Gasteiger partial charge is 0.384 e. The van der Waals surface area contributed by atoms with Gasteiger partial charge in [-0.2, -0.15) is 0 Å². The van der Waals surface area contributed by atoms with Crippen LogP contribution in [-0.2, 0) is 0 Å². The lowest BCUT2D eigenvalue weighted by molar-refractivity contribution is 0.975. The zero-order chi connectivity index (χ0) is 9.42. The molecule has 0 fully saturated rings. The normalized spacial score (nSPS) is 10.5. The molecule has 0 aliphatic heterocycles. The van der Waals surface area contributed by atoms with E-state index < -0.39 is 0 Å². The molecule has 2 heterocycles. The fourth-order valence-electron chi connectivity index (χ4n) is 1.09. The monoisotopic (exact) mass is 178 g/mol. The van der Waals surface area contributed by atoms with Gasteiger partial charge in [-0.05, 0) is 6.07 Å². The van der Waals surface area contributed by atoms with Gasteiger partial charge in [0, 0.05) is 6.20 Å². The number of hydrogen-bond donors (Lipinski definition) is 3. The first-order valence-electron chi connectivity index (χ1n) is 3.54. The molecule has 0 amide bonds. The van der Waals surface area contributed by atoms with Crippen molar-refractivity contribution >= 4 is 16.6 Å². The third-order valence-corrected chi connectivity index (χ3v) is 1.70. The SMILES string of the molecule is Nc1cc2c(=O)[nH][nH]c(=O)c2cn1. The number of fused-ring (bicyclic) bond motifs is 1. The lowest BCUT2D eigenvalue weighted by Gasteiger charge is -1.95. The summed E-state index contributed by atoms with van der Waals surface area (Å²) in [5.74, 6) is 0.212. The quantitative estimate of drug-likeness (QED) is 0.490. The Labute approximate surface area is 71.4 Å². The van der Waals surface area contributed by atoms with Crippen LogP contribution in [0.25, 0.3) is 10.8 Å². The van der Waals surface area contributed by atoms with Crippen molar-refractivity contribution in [1.29, 1.82) is 0 Å². The van der Waals surface area contributed by atoms with Crippen LogP contribution in [0.4, 0.5) is 5.82 Å². The van der Waals surface area contributed by atoms with Gasteiger partial charge in [0.25, 0.3) is 11.1 Å². The Hall–Kier alpha value is -2.11. The summed E-state index contributed by atoms with van der Waals surface area (Å²) in [5, 5.41) is 4.86. The van der Waals surface area contributed by atoms with E-state index >= 15 is 0 Å². The number of hydrogen-bond acceptors (Lipinski definition) is 4. The second-order valence-corrected chi connectivity index (χ2v) is 2.56. The number of rotatable bonds is 0. The zero-order valence-electron chi connectivity index (χ0n) is 6.50. The van der Waals surface area contributed by atoms with Gasteiger partial charge in [0.15, 0.2) is 0 Å². The van der Waals surface area contributed by atoms with E-state index in [9.17, 15) is 9.59 Å². The molecule has 2 aromatic heterocycles. The maximum Gasteiger partial charge on any atom is 0.272 e. The summed E-state index contributed by atoms with van der Waals surface area (Å²) in [5.41, 5.74) is 4.59. The van der Waals surface area contributed by atoms with Crippen molar-refractivity contribution in [3.05, 3.63) is 33.0 Å². The molecule has 0 aliphatic carbocycles. The van der Waals surface area contributed by atoms with Gasteiger partial charge in [-0.25, -0.2) is 4.98 Å². The Kier molecular flexibility index (Phi) is 1.42. The number of pyridine rings is 1. The molecule has 0 aliphatic rings. The van der Waals surface area contributed by atoms with Gasteiger partial charge in [-0.1, -0.05) is 0 Å². The van der Waals surface area contributed by atoms with Crippen molar-refractivity contribution in [2.75, 3.05) is 5.73 Å². The van der Waals surface area contributed by atoms with Crippen LogP contribution in [0.2, 0.25) is 0 Å². The molecule has 0 spiro atoms. The minimum absolute atomic E-state index is 0.212. The smallest absolute Gasteiger partial charge is 0.272 e. The summed E-state index contributed by atoms with van der Waals surface area (Å²) in [7, 11) is 0. The van der Waals surface area contributed by atoms with Gasteiger partial charge in [-0.3, -0.25) is 19.8 Å². The molecule has 4 N–H and O–H groups in total. The third-order valence-electron chi connectivity index (χ3n) is 1.70. The minimum Gasteiger partial charge on any atom is -0.384 e. The molecular formula is C7H6N4O2. The maximum atomic E-state index is 11.2. The van der Waals surface area contributed by atoms with E-state index in [1.807, 2.05) is 0 Å². The molecule has 6 nitrogen and oxygen atoms in total. The first-order valence-corrected chi connectivity index (χ1v) is 3.54. The first kappa shape index (κ1) is 7.53. The van der Waals surface area contributed by atoms with E-state index in [0.29, 0.717) is 0 Å². The van der Waals surface area contributed by atoms with Gasteiger partial charge in [0.2, 0.25) is 0 Å².